The molecule has 6 nitrogen and oxygen atoms in total. The Bertz CT molecular complexity index is 1120. The summed E-state index contributed by atoms with van der Waals surface area (Å²) < 4.78 is 26.8. The number of carbonyl (C=O) groups excluding carboxylic acids is 1. The van der Waals surface area contributed by atoms with Gasteiger partial charge in [0.2, 0.25) is 10.0 Å². The van der Waals surface area contributed by atoms with E-state index in [9.17, 15) is 13.2 Å². The Morgan fingerprint density at radius 2 is 1.75 bits per heavy atom. The predicted octanol–water partition coefficient (Wildman–Crippen LogP) is 3.79. The van der Waals surface area contributed by atoms with Crippen LogP contribution >= 0.6 is 0 Å². The number of sulfonamides is 1. The molecule has 0 aliphatic heterocycles. The average molecular weight is 398 g/mol. The molecule has 3 rings (SSSR count). The number of benzene rings is 2. The summed E-state index contributed by atoms with van der Waals surface area (Å²) in [7, 11) is -3.53. The van der Waals surface area contributed by atoms with E-state index in [4.69, 9.17) is 0 Å². The van der Waals surface area contributed by atoms with Crippen LogP contribution in [0.25, 0.3) is 10.9 Å². The zero-order valence-corrected chi connectivity index (χ0v) is 16.9. The lowest BCUT2D eigenvalue weighted by molar-refractivity contribution is 0.102. The van der Waals surface area contributed by atoms with E-state index in [1.165, 1.54) is 12.1 Å². The Morgan fingerprint density at radius 1 is 1.04 bits per heavy atom. The first-order valence-electron chi connectivity index (χ1n) is 9.09. The van der Waals surface area contributed by atoms with E-state index in [0.717, 1.165) is 16.5 Å². The topological polar surface area (TPSA) is 88.2 Å². The maximum atomic E-state index is 12.7. The molecule has 0 fully saturated rings. The van der Waals surface area contributed by atoms with Gasteiger partial charge >= 0.3 is 0 Å². The van der Waals surface area contributed by atoms with Crippen LogP contribution in [0.3, 0.4) is 0 Å². The van der Waals surface area contributed by atoms with E-state index >= 15 is 0 Å². The number of nitrogens with zero attached hydrogens (tertiary/aromatic N) is 1. The largest absolute Gasteiger partial charge is 0.322 e. The number of aromatic nitrogens is 1. The lowest BCUT2D eigenvalue weighted by Gasteiger charge is -2.10. The molecule has 0 radical (unpaired) electrons. The van der Waals surface area contributed by atoms with Gasteiger partial charge in [0.25, 0.3) is 5.91 Å². The van der Waals surface area contributed by atoms with Crippen LogP contribution in [0.2, 0.25) is 0 Å². The Morgan fingerprint density at radius 3 is 2.43 bits per heavy atom. The molecule has 2 aromatic carbocycles. The molecular weight excluding hydrogens is 374 g/mol. The minimum absolute atomic E-state index is 0.165. The number of aryl methyl sites for hydroxylation is 2. The van der Waals surface area contributed by atoms with Gasteiger partial charge in [-0.15, -0.1) is 0 Å². The highest BCUT2D eigenvalue weighted by Crippen LogP contribution is 2.20. The third-order valence-corrected chi connectivity index (χ3v) is 5.85. The molecule has 1 amide bonds. The lowest BCUT2D eigenvalue weighted by atomic mass is 10.1. The molecule has 0 unspecified atom stereocenters. The van der Waals surface area contributed by atoms with Gasteiger partial charge < -0.3 is 5.32 Å². The van der Waals surface area contributed by atoms with Crippen LogP contribution in [0.5, 0.6) is 0 Å². The van der Waals surface area contributed by atoms with E-state index < -0.39 is 10.0 Å². The monoisotopic (exact) mass is 397 g/mol. The van der Waals surface area contributed by atoms with Crippen molar-refractivity contribution in [2.24, 2.45) is 0 Å². The third kappa shape index (κ3) is 4.37. The molecule has 1 aromatic heterocycles. The van der Waals surface area contributed by atoms with Crippen molar-refractivity contribution in [2.75, 3.05) is 11.9 Å². The van der Waals surface area contributed by atoms with E-state index in [1.54, 1.807) is 19.1 Å². The van der Waals surface area contributed by atoms with Crippen LogP contribution in [-0.2, 0) is 10.0 Å². The van der Waals surface area contributed by atoms with Gasteiger partial charge in [-0.2, -0.15) is 0 Å². The molecule has 0 saturated carbocycles. The normalized spacial score (nSPS) is 11.5. The number of fused-ring (bicyclic) bond motifs is 1. The number of hydrogen-bond acceptors (Lipinski definition) is 4. The summed E-state index contributed by atoms with van der Waals surface area (Å²) in [6.07, 6.45) is 0.714. The minimum Gasteiger partial charge on any atom is -0.322 e. The maximum absolute atomic E-state index is 12.7. The summed E-state index contributed by atoms with van der Waals surface area (Å²) in [6, 6.07) is 13.8. The van der Waals surface area contributed by atoms with Crippen molar-refractivity contribution >= 4 is 32.5 Å². The van der Waals surface area contributed by atoms with Crippen LogP contribution < -0.4 is 10.0 Å². The fourth-order valence-corrected chi connectivity index (χ4v) is 3.99. The third-order valence-electron chi connectivity index (χ3n) is 4.37. The van der Waals surface area contributed by atoms with Crippen LogP contribution in [0.4, 0.5) is 5.69 Å². The van der Waals surface area contributed by atoms with Crippen molar-refractivity contribution in [3.63, 3.8) is 0 Å². The first-order valence-corrected chi connectivity index (χ1v) is 10.6. The summed E-state index contributed by atoms with van der Waals surface area (Å²) in [5.41, 5.74) is 3.58. The maximum Gasteiger partial charge on any atom is 0.257 e. The summed E-state index contributed by atoms with van der Waals surface area (Å²) in [4.78, 5) is 17.4. The molecule has 0 saturated heterocycles. The zero-order valence-electron chi connectivity index (χ0n) is 16.1. The minimum atomic E-state index is -3.53. The fourth-order valence-electron chi connectivity index (χ4n) is 2.86. The van der Waals surface area contributed by atoms with E-state index in [1.807, 2.05) is 38.1 Å². The number of carbonyl (C=O) groups is 1. The first-order chi connectivity index (χ1) is 13.3. The van der Waals surface area contributed by atoms with Gasteiger partial charge in [0, 0.05) is 17.6 Å². The molecule has 3 aromatic rings. The Labute approximate surface area is 165 Å². The highest BCUT2D eigenvalue weighted by molar-refractivity contribution is 7.89. The molecule has 2 N–H and O–H groups in total. The number of pyridine rings is 1. The second kappa shape index (κ2) is 8.08. The molecule has 146 valence electrons. The molecule has 1 heterocycles. The summed E-state index contributed by atoms with van der Waals surface area (Å²) in [5, 5.41) is 3.71. The summed E-state index contributed by atoms with van der Waals surface area (Å²) in [6.45, 7) is 6.06. The summed E-state index contributed by atoms with van der Waals surface area (Å²) in [5.74, 6) is -0.284. The Balaban J connectivity index is 1.81. The average Bonchev–Trinajstić information content (AvgIpc) is 2.66. The highest BCUT2D eigenvalue weighted by atomic mass is 32.2. The van der Waals surface area contributed by atoms with Crippen LogP contribution in [0, 0.1) is 13.8 Å². The van der Waals surface area contributed by atoms with Crippen LogP contribution in [0.1, 0.15) is 35.0 Å². The van der Waals surface area contributed by atoms with Gasteiger partial charge in [-0.3, -0.25) is 9.78 Å². The second-order valence-electron chi connectivity index (χ2n) is 6.69. The van der Waals surface area contributed by atoms with Gasteiger partial charge in [0.15, 0.2) is 0 Å². The summed E-state index contributed by atoms with van der Waals surface area (Å²) >= 11 is 0. The van der Waals surface area contributed by atoms with Crippen molar-refractivity contribution in [3.05, 3.63) is 65.4 Å². The molecule has 7 heteroatoms. The quantitative estimate of drug-likeness (QED) is 0.662. The van der Waals surface area contributed by atoms with Gasteiger partial charge in [-0.05, 0) is 62.7 Å². The highest BCUT2D eigenvalue weighted by Gasteiger charge is 2.15. The fraction of sp³-hybridized carbons (Fsp3) is 0.238. The molecule has 0 aliphatic carbocycles. The van der Waals surface area contributed by atoms with Gasteiger partial charge in [0.1, 0.15) is 0 Å². The standard InChI is InChI=1S/C21H23N3O3S/c1-4-11-22-28(26,27)18-8-6-17(7-9-18)24-21(25)19-13-16-12-14(2)5-10-20(16)23-15(19)3/h5-10,12-13,22H,4,11H2,1-3H3,(H,24,25). The SMILES string of the molecule is CCCNS(=O)(=O)c1ccc(NC(=O)c2cc3cc(C)ccc3nc2C)cc1. The van der Waals surface area contributed by atoms with E-state index in [2.05, 4.69) is 15.0 Å². The van der Waals surface area contributed by atoms with Crippen molar-refractivity contribution < 1.29 is 13.2 Å². The Kier molecular flexibility index (Phi) is 5.76. The van der Waals surface area contributed by atoms with Crippen LogP contribution in [-0.4, -0.2) is 25.9 Å². The number of amides is 1. The van der Waals surface area contributed by atoms with Crippen LogP contribution in [0.15, 0.2) is 53.4 Å². The number of nitrogens with one attached hydrogen (secondary N) is 2. The molecular formula is C21H23N3O3S. The van der Waals surface area contributed by atoms with Crippen molar-refractivity contribution in [3.8, 4) is 0 Å². The molecule has 0 spiro atoms. The number of anilines is 1. The molecule has 0 atom stereocenters. The van der Waals surface area contributed by atoms with Gasteiger partial charge in [0.05, 0.1) is 21.7 Å². The van der Waals surface area contributed by atoms with Gasteiger partial charge in [-0.25, -0.2) is 13.1 Å². The van der Waals surface area contributed by atoms with Crippen molar-refractivity contribution in [1.82, 2.24) is 9.71 Å². The lowest BCUT2D eigenvalue weighted by Crippen LogP contribution is -2.24. The van der Waals surface area contributed by atoms with Gasteiger partial charge in [-0.1, -0.05) is 18.6 Å². The Hall–Kier alpha value is -2.77. The van der Waals surface area contributed by atoms with E-state index in [0.29, 0.717) is 29.9 Å². The first kappa shape index (κ1) is 20.0. The predicted molar refractivity (Wildman–Crippen MR) is 111 cm³/mol. The zero-order chi connectivity index (χ0) is 20.3. The van der Waals surface area contributed by atoms with Crippen molar-refractivity contribution in [1.29, 1.82) is 0 Å². The van der Waals surface area contributed by atoms with E-state index in [-0.39, 0.29) is 10.8 Å². The smallest absolute Gasteiger partial charge is 0.257 e. The number of hydrogen-bond donors (Lipinski definition) is 2. The molecule has 28 heavy (non-hydrogen) atoms. The number of rotatable bonds is 6. The second-order valence-corrected chi connectivity index (χ2v) is 8.46. The molecule has 0 aliphatic rings. The molecule has 0 bridgehead atoms. The van der Waals surface area contributed by atoms with Crippen molar-refractivity contribution in [2.45, 2.75) is 32.1 Å².